The maximum absolute atomic E-state index is 12.8. The SMILES string of the molecule is CSc1ccc(C(=O)N2CC(CO)C(CN3CCN(C)CC3)C2)cc1. The van der Waals surface area contributed by atoms with Crippen LogP contribution < -0.4 is 0 Å². The lowest BCUT2D eigenvalue weighted by Crippen LogP contribution is -2.47. The van der Waals surface area contributed by atoms with Crippen molar-refractivity contribution in [3.63, 3.8) is 0 Å². The summed E-state index contributed by atoms with van der Waals surface area (Å²) in [5.74, 6) is 0.642. The quantitative estimate of drug-likeness (QED) is 0.800. The summed E-state index contributed by atoms with van der Waals surface area (Å²) in [6, 6.07) is 7.82. The van der Waals surface area contributed by atoms with E-state index in [-0.39, 0.29) is 18.4 Å². The summed E-state index contributed by atoms with van der Waals surface area (Å²) in [5.41, 5.74) is 0.745. The van der Waals surface area contributed by atoms with Gasteiger partial charge >= 0.3 is 0 Å². The van der Waals surface area contributed by atoms with Crippen molar-refractivity contribution >= 4 is 17.7 Å². The van der Waals surface area contributed by atoms with Crippen LogP contribution in [0.5, 0.6) is 0 Å². The van der Waals surface area contributed by atoms with Gasteiger partial charge in [-0.3, -0.25) is 4.79 Å². The van der Waals surface area contributed by atoms with Crippen LogP contribution in [0.2, 0.25) is 0 Å². The van der Waals surface area contributed by atoms with Gasteiger partial charge in [-0.2, -0.15) is 0 Å². The molecule has 2 unspecified atom stereocenters. The molecule has 1 N–H and O–H groups in total. The number of hydrogen-bond donors (Lipinski definition) is 1. The van der Waals surface area contributed by atoms with Crippen molar-refractivity contribution in [2.24, 2.45) is 11.8 Å². The van der Waals surface area contributed by atoms with Gasteiger partial charge in [0.1, 0.15) is 0 Å². The highest BCUT2D eigenvalue weighted by Crippen LogP contribution is 2.26. The second-order valence-corrected chi connectivity index (χ2v) is 8.12. The van der Waals surface area contributed by atoms with Crippen LogP contribution in [0.4, 0.5) is 0 Å². The number of aliphatic hydroxyl groups excluding tert-OH is 1. The first-order chi connectivity index (χ1) is 12.1. The number of rotatable bonds is 5. The number of nitrogens with zero attached hydrogens (tertiary/aromatic N) is 3. The number of likely N-dealkylation sites (tertiary alicyclic amines) is 1. The van der Waals surface area contributed by atoms with Crippen LogP contribution in [-0.2, 0) is 0 Å². The second-order valence-electron chi connectivity index (χ2n) is 7.25. The van der Waals surface area contributed by atoms with Gasteiger partial charge in [0.25, 0.3) is 5.91 Å². The van der Waals surface area contributed by atoms with Crippen molar-refractivity contribution in [3.05, 3.63) is 29.8 Å². The Kier molecular flexibility index (Phi) is 6.39. The van der Waals surface area contributed by atoms with Crippen LogP contribution in [0.25, 0.3) is 0 Å². The van der Waals surface area contributed by atoms with Crippen molar-refractivity contribution in [2.45, 2.75) is 4.90 Å². The monoisotopic (exact) mass is 363 g/mol. The molecule has 0 saturated carbocycles. The van der Waals surface area contributed by atoms with Crippen LogP contribution in [0.15, 0.2) is 29.2 Å². The van der Waals surface area contributed by atoms with Gasteiger partial charge in [-0.1, -0.05) is 0 Å². The second kappa shape index (κ2) is 8.54. The molecule has 0 radical (unpaired) electrons. The van der Waals surface area contributed by atoms with Crippen LogP contribution in [-0.4, -0.2) is 91.4 Å². The molecule has 1 aromatic carbocycles. The summed E-state index contributed by atoms with van der Waals surface area (Å²) in [5, 5.41) is 9.78. The van der Waals surface area contributed by atoms with Crippen molar-refractivity contribution in [1.82, 2.24) is 14.7 Å². The summed E-state index contributed by atoms with van der Waals surface area (Å²) in [7, 11) is 2.16. The Balaban J connectivity index is 1.60. The van der Waals surface area contributed by atoms with Crippen LogP contribution in [0, 0.1) is 11.8 Å². The smallest absolute Gasteiger partial charge is 0.253 e. The van der Waals surface area contributed by atoms with Crippen LogP contribution >= 0.6 is 11.8 Å². The summed E-state index contributed by atoms with van der Waals surface area (Å²) < 4.78 is 0. The number of carbonyl (C=O) groups excluding carboxylic acids is 1. The molecule has 1 amide bonds. The Hall–Kier alpha value is -1.08. The van der Waals surface area contributed by atoms with Crippen molar-refractivity contribution in [3.8, 4) is 0 Å². The molecule has 1 aromatic rings. The third-order valence-electron chi connectivity index (χ3n) is 5.52. The Morgan fingerprint density at radius 2 is 1.76 bits per heavy atom. The molecular formula is C19H29N3O2S. The standard InChI is InChI=1S/C19H29N3O2S/c1-20-7-9-21(10-8-20)11-16-12-22(13-17(16)14-23)19(24)15-3-5-18(25-2)6-4-15/h3-6,16-17,23H,7-14H2,1-2H3. The van der Waals surface area contributed by atoms with Gasteiger partial charge in [0.15, 0.2) is 0 Å². The summed E-state index contributed by atoms with van der Waals surface area (Å²) in [6.07, 6.45) is 2.03. The number of amides is 1. The van der Waals surface area contributed by atoms with E-state index < -0.39 is 0 Å². The Labute approximate surface area is 155 Å². The van der Waals surface area contributed by atoms with Gasteiger partial charge in [-0.25, -0.2) is 0 Å². The normalized spacial score (nSPS) is 25.5. The minimum Gasteiger partial charge on any atom is -0.396 e. The zero-order valence-corrected chi connectivity index (χ0v) is 16.0. The molecule has 2 saturated heterocycles. The van der Waals surface area contributed by atoms with E-state index in [0.717, 1.165) is 44.8 Å². The van der Waals surface area contributed by atoms with E-state index in [4.69, 9.17) is 0 Å². The molecule has 25 heavy (non-hydrogen) atoms. The fraction of sp³-hybridized carbons (Fsp3) is 0.632. The minimum absolute atomic E-state index is 0.0898. The average molecular weight is 364 g/mol. The Morgan fingerprint density at radius 3 is 2.36 bits per heavy atom. The number of hydrogen-bond acceptors (Lipinski definition) is 5. The van der Waals surface area contributed by atoms with Crippen LogP contribution in [0.1, 0.15) is 10.4 Å². The minimum atomic E-state index is 0.0898. The van der Waals surface area contributed by atoms with Gasteiger partial charge < -0.3 is 19.8 Å². The predicted molar refractivity (Wildman–Crippen MR) is 102 cm³/mol. The molecule has 2 fully saturated rings. The van der Waals surface area contributed by atoms with E-state index in [0.29, 0.717) is 12.5 Å². The maximum Gasteiger partial charge on any atom is 0.253 e. The van der Waals surface area contributed by atoms with Crippen LogP contribution in [0.3, 0.4) is 0 Å². The average Bonchev–Trinajstić information content (AvgIpc) is 3.06. The molecular weight excluding hydrogens is 334 g/mol. The third-order valence-corrected chi connectivity index (χ3v) is 6.27. The van der Waals surface area contributed by atoms with Gasteiger partial charge in [-0.15, -0.1) is 11.8 Å². The van der Waals surface area contributed by atoms with Crippen molar-refractivity contribution < 1.29 is 9.90 Å². The van der Waals surface area contributed by atoms with E-state index in [1.54, 1.807) is 11.8 Å². The Bertz CT molecular complexity index is 573. The lowest BCUT2D eigenvalue weighted by molar-refractivity contribution is 0.0777. The molecule has 2 aliphatic heterocycles. The van der Waals surface area contributed by atoms with E-state index in [1.165, 1.54) is 4.90 Å². The number of likely N-dealkylation sites (N-methyl/N-ethyl adjacent to an activating group) is 1. The lowest BCUT2D eigenvalue weighted by Gasteiger charge is -2.34. The van der Waals surface area contributed by atoms with Crippen molar-refractivity contribution in [1.29, 1.82) is 0 Å². The van der Waals surface area contributed by atoms with Gasteiger partial charge in [0.2, 0.25) is 0 Å². The largest absolute Gasteiger partial charge is 0.396 e. The first kappa shape index (κ1) is 18.7. The fourth-order valence-corrected chi connectivity index (χ4v) is 4.20. The summed E-state index contributed by atoms with van der Waals surface area (Å²) in [4.78, 5) is 20.7. The molecule has 0 aromatic heterocycles. The van der Waals surface area contributed by atoms with E-state index >= 15 is 0 Å². The molecule has 0 aliphatic carbocycles. The molecule has 2 atom stereocenters. The van der Waals surface area contributed by atoms with E-state index in [2.05, 4.69) is 16.8 Å². The number of benzene rings is 1. The number of carbonyl (C=O) groups is 1. The highest BCUT2D eigenvalue weighted by molar-refractivity contribution is 7.98. The number of piperazine rings is 1. The predicted octanol–water partition coefficient (Wildman–Crippen LogP) is 1.34. The van der Waals surface area contributed by atoms with E-state index in [1.807, 2.05) is 35.4 Å². The highest BCUT2D eigenvalue weighted by Gasteiger charge is 2.36. The summed E-state index contributed by atoms with van der Waals surface area (Å²) in [6.45, 7) is 6.91. The van der Waals surface area contributed by atoms with E-state index in [9.17, 15) is 9.90 Å². The van der Waals surface area contributed by atoms with Crippen molar-refractivity contribution in [2.75, 3.05) is 65.7 Å². The molecule has 2 heterocycles. The number of aliphatic hydroxyl groups is 1. The molecule has 0 bridgehead atoms. The first-order valence-electron chi connectivity index (χ1n) is 9.05. The fourth-order valence-electron chi connectivity index (χ4n) is 3.80. The first-order valence-corrected chi connectivity index (χ1v) is 10.3. The van der Waals surface area contributed by atoms with Gasteiger partial charge in [0.05, 0.1) is 0 Å². The third kappa shape index (κ3) is 4.56. The Morgan fingerprint density at radius 1 is 1.12 bits per heavy atom. The highest BCUT2D eigenvalue weighted by atomic mass is 32.2. The molecule has 5 nitrogen and oxygen atoms in total. The lowest BCUT2D eigenvalue weighted by atomic mass is 9.96. The number of thioether (sulfide) groups is 1. The summed E-state index contributed by atoms with van der Waals surface area (Å²) >= 11 is 1.68. The zero-order valence-electron chi connectivity index (χ0n) is 15.2. The van der Waals surface area contributed by atoms with Gasteiger partial charge in [-0.05, 0) is 43.5 Å². The molecule has 0 spiro atoms. The zero-order chi connectivity index (χ0) is 17.8. The molecule has 3 rings (SSSR count). The molecule has 138 valence electrons. The van der Waals surface area contributed by atoms with Gasteiger partial charge in [0, 0.05) is 68.8 Å². The topological polar surface area (TPSA) is 47.0 Å². The molecule has 6 heteroatoms. The molecule has 2 aliphatic rings. The maximum atomic E-state index is 12.8.